The topological polar surface area (TPSA) is 6.48 Å². The molecule has 1 aliphatic heterocycles. The predicted octanol–water partition coefficient (Wildman–Crippen LogP) is 3.62. The fourth-order valence-electron chi connectivity index (χ4n) is 5.82. The molecule has 0 aliphatic carbocycles. The molecular weight excluding hydrogens is 477 g/mol. The summed E-state index contributed by atoms with van der Waals surface area (Å²) in [5, 5.41) is 6.03. The zero-order valence-corrected chi connectivity index (χ0v) is 24.4. The van der Waals surface area contributed by atoms with Crippen LogP contribution in [-0.2, 0) is 0 Å². The van der Waals surface area contributed by atoms with Gasteiger partial charge in [-0.3, -0.25) is 0 Å². The number of benzene rings is 4. The summed E-state index contributed by atoms with van der Waals surface area (Å²) < 4.78 is 6.18. The van der Waals surface area contributed by atoms with Gasteiger partial charge in [-0.1, -0.05) is 121 Å². The maximum absolute atomic E-state index is 3.09. The summed E-state index contributed by atoms with van der Waals surface area (Å²) in [6.07, 6.45) is 0. The predicted molar refractivity (Wildman–Crippen MR) is 154 cm³/mol. The van der Waals surface area contributed by atoms with Crippen LogP contribution in [-0.4, -0.2) is 42.5 Å². The molecule has 0 aromatic heterocycles. The molecule has 34 heavy (non-hydrogen) atoms. The molecule has 2 radical (unpaired) electrons. The van der Waals surface area contributed by atoms with E-state index in [1.807, 2.05) is 0 Å². The fourth-order valence-corrected chi connectivity index (χ4v) is 36.1. The van der Waals surface area contributed by atoms with E-state index in [1.54, 1.807) is 0 Å². The Morgan fingerprint density at radius 1 is 0.382 bits per heavy atom. The first-order valence-electron chi connectivity index (χ1n) is 12.0. The average Bonchev–Trinajstić information content (AvgIpc) is 2.87. The largest absolute Gasteiger partial charge is 0.339 e. The van der Waals surface area contributed by atoms with Crippen molar-refractivity contribution >= 4 is 55.5 Å². The van der Waals surface area contributed by atoms with Crippen LogP contribution >= 0.6 is 0 Å². The van der Waals surface area contributed by atoms with Crippen LogP contribution < -0.4 is 20.7 Å². The molecule has 4 aromatic carbocycles. The first-order valence-corrected chi connectivity index (χ1v) is 20.7. The highest BCUT2D eigenvalue weighted by Gasteiger charge is 2.65. The van der Waals surface area contributed by atoms with Gasteiger partial charge in [0.15, 0.2) is 34.7 Å². The Bertz CT molecular complexity index is 1030. The van der Waals surface area contributed by atoms with Gasteiger partial charge in [0.2, 0.25) is 0 Å². The zero-order chi connectivity index (χ0) is 23.8. The van der Waals surface area contributed by atoms with Crippen LogP contribution in [0.5, 0.6) is 0 Å². The van der Waals surface area contributed by atoms with E-state index in [0.29, 0.717) is 0 Å². The molecule has 0 saturated carbocycles. The monoisotopic (exact) mass is 508 g/mol. The minimum atomic E-state index is -1.88. The van der Waals surface area contributed by atoms with Crippen LogP contribution in [0.3, 0.4) is 0 Å². The third-order valence-electron chi connectivity index (χ3n) is 6.82. The second kappa shape index (κ2) is 9.37. The van der Waals surface area contributed by atoms with Crippen LogP contribution in [0.15, 0.2) is 121 Å². The second-order valence-electron chi connectivity index (χ2n) is 9.82. The normalized spacial score (nSPS) is 17.6. The Morgan fingerprint density at radius 3 is 0.794 bits per heavy atom. The van der Waals surface area contributed by atoms with Crippen molar-refractivity contribution in [3.8, 4) is 0 Å². The highest BCUT2D eigenvalue weighted by molar-refractivity contribution is 7.21. The van der Waals surface area contributed by atoms with Crippen molar-refractivity contribution in [2.75, 3.05) is 0 Å². The Morgan fingerprint density at radius 2 is 0.588 bits per heavy atom. The fraction of sp³-hybridized carbons (Fsp3) is 0.143. The van der Waals surface area contributed by atoms with Crippen LogP contribution in [0.2, 0.25) is 26.2 Å². The Labute approximate surface area is 210 Å². The van der Waals surface area contributed by atoms with Crippen molar-refractivity contribution in [2.45, 2.75) is 26.2 Å². The number of rotatable bonds is 6. The van der Waals surface area contributed by atoms with Crippen LogP contribution in [0.25, 0.3) is 0 Å². The zero-order valence-electron chi connectivity index (χ0n) is 20.4. The first kappa shape index (κ1) is 23.4. The van der Waals surface area contributed by atoms with E-state index in [2.05, 4.69) is 155 Å². The van der Waals surface area contributed by atoms with Crippen LogP contribution in [0.4, 0.5) is 0 Å². The van der Waals surface area contributed by atoms with Gasteiger partial charge in [0, 0.05) is 0 Å². The molecule has 5 rings (SSSR count). The van der Waals surface area contributed by atoms with Crippen LogP contribution in [0.1, 0.15) is 0 Å². The third-order valence-corrected chi connectivity index (χ3v) is 31.4. The summed E-state index contributed by atoms with van der Waals surface area (Å²) in [4.78, 5) is 0. The van der Waals surface area contributed by atoms with Crippen molar-refractivity contribution in [2.24, 2.45) is 0 Å². The van der Waals surface area contributed by atoms with Gasteiger partial charge >= 0.3 is 0 Å². The highest BCUT2D eigenvalue weighted by Crippen LogP contribution is 2.40. The molecule has 6 heteroatoms. The molecule has 0 unspecified atom stereocenters. The molecule has 1 heterocycles. The van der Waals surface area contributed by atoms with E-state index in [9.17, 15) is 0 Å². The standard InChI is InChI=1S/C28H32N2Si4/c1-33(2)29(31(25-17-9-5-10-18-25)26-19-11-6-12-20-26)34(3,4)30(33)32(27-21-13-7-14-22-27)28-23-15-8-16-24-28/h5-24H,1-4H3. The maximum Gasteiger partial charge on any atom is 0.196 e. The lowest BCUT2D eigenvalue weighted by Crippen LogP contribution is -2.98. The molecule has 1 aliphatic rings. The minimum Gasteiger partial charge on any atom is -0.339 e. The summed E-state index contributed by atoms with van der Waals surface area (Å²) >= 11 is 0. The maximum atomic E-state index is 3.09. The summed E-state index contributed by atoms with van der Waals surface area (Å²) in [7, 11) is -5.87. The number of hydrogen-bond donors (Lipinski definition) is 0. The summed E-state index contributed by atoms with van der Waals surface area (Å²) in [5.74, 6) is 0. The molecule has 0 N–H and O–H groups in total. The highest BCUT2D eigenvalue weighted by atomic mass is 28.6. The van der Waals surface area contributed by atoms with Gasteiger partial charge in [0.25, 0.3) is 0 Å². The number of hydrogen-bond acceptors (Lipinski definition) is 2. The summed E-state index contributed by atoms with van der Waals surface area (Å²) in [6, 6.07) is 45.2. The van der Waals surface area contributed by atoms with E-state index in [1.165, 1.54) is 20.7 Å². The molecule has 4 aromatic rings. The molecule has 170 valence electrons. The lowest BCUT2D eigenvalue weighted by atomic mass is 10.4. The summed E-state index contributed by atoms with van der Waals surface area (Å²) in [6.45, 7) is 10.4. The molecule has 1 saturated heterocycles. The molecule has 0 amide bonds. The van der Waals surface area contributed by atoms with Gasteiger partial charge in [-0.2, -0.15) is 0 Å². The lowest BCUT2D eigenvalue weighted by molar-refractivity contribution is 0.646. The first-order chi connectivity index (χ1) is 16.4. The van der Waals surface area contributed by atoms with E-state index in [0.717, 1.165) is 0 Å². The van der Waals surface area contributed by atoms with E-state index >= 15 is 0 Å². The van der Waals surface area contributed by atoms with Gasteiger partial charge in [0.05, 0.1) is 0 Å². The Hall–Kier alpha value is -2.33. The van der Waals surface area contributed by atoms with Gasteiger partial charge < -0.3 is 7.79 Å². The van der Waals surface area contributed by atoms with Crippen molar-refractivity contribution in [3.63, 3.8) is 0 Å². The van der Waals surface area contributed by atoms with Gasteiger partial charge in [0.1, 0.15) is 0 Å². The van der Waals surface area contributed by atoms with Crippen molar-refractivity contribution < 1.29 is 0 Å². The molecule has 0 bridgehead atoms. The molecule has 0 spiro atoms. The minimum absolute atomic E-state index is 1.05. The van der Waals surface area contributed by atoms with E-state index in [4.69, 9.17) is 0 Å². The third kappa shape index (κ3) is 4.04. The van der Waals surface area contributed by atoms with Crippen molar-refractivity contribution in [3.05, 3.63) is 121 Å². The molecule has 2 nitrogen and oxygen atoms in total. The number of nitrogens with zero attached hydrogens (tertiary/aromatic N) is 2. The Balaban J connectivity index is 1.63. The smallest absolute Gasteiger partial charge is 0.196 e. The Kier molecular flexibility index (Phi) is 6.45. The van der Waals surface area contributed by atoms with E-state index in [-0.39, 0.29) is 0 Å². The molecular formula is C28H32N2Si4. The van der Waals surface area contributed by atoms with E-state index < -0.39 is 34.7 Å². The van der Waals surface area contributed by atoms with Gasteiger partial charge in [-0.15, -0.1) is 0 Å². The second-order valence-corrected chi connectivity index (χ2v) is 24.9. The lowest BCUT2D eigenvalue weighted by Gasteiger charge is -2.71. The molecule has 0 atom stereocenters. The van der Waals surface area contributed by atoms with Gasteiger partial charge in [-0.05, 0) is 46.9 Å². The van der Waals surface area contributed by atoms with Crippen molar-refractivity contribution in [1.82, 2.24) is 7.79 Å². The van der Waals surface area contributed by atoms with Crippen LogP contribution in [0, 0.1) is 0 Å². The average molecular weight is 509 g/mol. The molecule has 1 fully saturated rings. The van der Waals surface area contributed by atoms with Gasteiger partial charge in [-0.25, -0.2) is 0 Å². The van der Waals surface area contributed by atoms with Crippen molar-refractivity contribution in [1.29, 1.82) is 0 Å². The summed E-state index contributed by atoms with van der Waals surface area (Å²) in [5.41, 5.74) is 0. The quantitative estimate of drug-likeness (QED) is 0.367. The SMILES string of the molecule is C[Si]1(C)N([Si](c2ccccc2)c2ccccc2)[Si](C)(C)N1[Si](c1ccccc1)c1ccccc1.